The molecule has 18 heavy (non-hydrogen) atoms. The van der Waals surface area contributed by atoms with Gasteiger partial charge >= 0.3 is 0 Å². The summed E-state index contributed by atoms with van der Waals surface area (Å²) in [5.74, 6) is 0.111. The van der Waals surface area contributed by atoms with Crippen molar-refractivity contribution in [2.75, 3.05) is 13.1 Å². The number of carbonyl (C=O) groups excluding carboxylic acids is 1. The molecule has 0 aliphatic carbocycles. The largest absolute Gasteiger partial charge is 0.333 e. The smallest absolute Gasteiger partial charge is 0.254 e. The quantitative estimate of drug-likeness (QED) is 0.818. The number of benzene rings is 1. The van der Waals surface area contributed by atoms with Gasteiger partial charge in [-0.1, -0.05) is 12.1 Å². The molecule has 1 aliphatic heterocycles. The zero-order valence-corrected chi connectivity index (χ0v) is 11.0. The average molecular weight is 247 g/mol. The number of piperazine rings is 1. The SMILES string of the molecule is CC1NCCN(C(=O)c2ccc(CN)cc2)C1C. The second-order valence-electron chi connectivity index (χ2n) is 4.88. The number of carbonyl (C=O) groups is 1. The van der Waals surface area contributed by atoms with Gasteiger partial charge in [-0.05, 0) is 31.5 Å². The van der Waals surface area contributed by atoms with Crippen LogP contribution >= 0.6 is 0 Å². The van der Waals surface area contributed by atoms with Crippen molar-refractivity contribution in [3.8, 4) is 0 Å². The minimum atomic E-state index is 0.111. The highest BCUT2D eigenvalue weighted by molar-refractivity contribution is 5.94. The molecule has 98 valence electrons. The van der Waals surface area contributed by atoms with E-state index in [1.807, 2.05) is 29.2 Å². The third-order valence-electron chi connectivity index (χ3n) is 3.73. The van der Waals surface area contributed by atoms with E-state index in [1.165, 1.54) is 0 Å². The predicted octanol–water partition coefficient (Wildman–Crippen LogP) is 0.968. The number of amides is 1. The molecule has 2 atom stereocenters. The Hall–Kier alpha value is -1.39. The third-order valence-corrected chi connectivity index (χ3v) is 3.73. The lowest BCUT2D eigenvalue weighted by molar-refractivity contribution is 0.0603. The lowest BCUT2D eigenvalue weighted by Crippen LogP contribution is -2.57. The van der Waals surface area contributed by atoms with Gasteiger partial charge in [0.25, 0.3) is 5.91 Å². The number of hydrogen-bond donors (Lipinski definition) is 2. The van der Waals surface area contributed by atoms with Crippen LogP contribution in [0.5, 0.6) is 0 Å². The summed E-state index contributed by atoms with van der Waals surface area (Å²) in [6.07, 6.45) is 0. The number of nitrogens with two attached hydrogens (primary N) is 1. The van der Waals surface area contributed by atoms with Crippen molar-refractivity contribution in [2.45, 2.75) is 32.5 Å². The molecule has 0 saturated carbocycles. The Morgan fingerprint density at radius 3 is 2.67 bits per heavy atom. The van der Waals surface area contributed by atoms with E-state index in [4.69, 9.17) is 5.73 Å². The molecule has 2 unspecified atom stereocenters. The molecule has 4 nitrogen and oxygen atoms in total. The minimum absolute atomic E-state index is 0.111. The van der Waals surface area contributed by atoms with E-state index in [1.54, 1.807) is 0 Å². The first-order valence-corrected chi connectivity index (χ1v) is 6.47. The molecular weight excluding hydrogens is 226 g/mol. The van der Waals surface area contributed by atoms with E-state index in [2.05, 4.69) is 19.2 Å². The van der Waals surface area contributed by atoms with Gasteiger partial charge in [-0.2, -0.15) is 0 Å². The van der Waals surface area contributed by atoms with Gasteiger partial charge in [-0.25, -0.2) is 0 Å². The van der Waals surface area contributed by atoms with Gasteiger partial charge in [-0.15, -0.1) is 0 Å². The van der Waals surface area contributed by atoms with Gasteiger partial charge < -0.3 is 16.0 Å². The van der Waals surface area contributed by atoms with Crippen LogP contribution in [0.2, 0.25) is 0 Å². The average Bonchev–Trinajstić information content (AvgIpc) is 2.41. The highest BCUT2D eigenvalue weighted by atomic mass is 16.2. The summed E-state index contributed by atoms with van der Waals surface area (Å²) in [7, 11) is 0. The van der Waals surface area contributed by atoms with Gasteiger partial charge in [-0.3, -0.25) is 4.79 Å². The number of nitrogens with one attached hydrogen (secondary N) is 1. The Kier molecular flexibility index (Phi) is 3.99. The monoisotopic (exact) mass is 247 g/mol. The summed E-state index contributed by atoms with van der Waals surface area (Å²) >= 11 is 0. The van der Waals surface area contributed by atoms with E-state index in [0.717, 1.165) is 24.2 Å². The van der Waals surface area contributed by atoms with Crippen molar-refractivity contribution in [2.24, 2.45) is 5.73 Å². The van der Waals surface area contributed by atoms with E-state index < -0.39 is 0 Å². The summed E-state index contributed by atoms with van der Waals surface area (Å²) in [4.78, 5) is 14.4. The molecule has 1 heterocycles. The Balaban J connectivity index is 2.14. The molecule has 4 heteroatoms. The molecule has 1 amide bonds. The van der Waals surface area contributed by atoms with E-state index in [9.17, 15) is 4.79 Å². The molecule has 3 N–H and O–H groups in total. The van der Waals surface area contributed by atoms with Gasteiger partial charge in [0, 0.05) is 37.3 Å². The van der Waals surface area contributed by atoms with Crippen LogP contribution in [0.25, 0.3) is 0 Å². The Morgan fingerprint density at radius 1 is 1.39 bits per heavy atom. The number of rotatable bonds is 2. The Morgan fingerprint density at radius 2 is 2.06 bits per heavy atom. The van der Waals surface area contributed by atoms with Crippen molar-refractivity contribution >= 4 is 5.91 Å². The molecular formula is C14H21N3O. The fourth-order valence-electron chi connectivity index (χ4n) is 2.29. The predicted molar refractivity (Wildman–Crippen MR) is 72.3 cm³/mol. The molecule has 0 radical (unpaired) electrons. The third kappa shape index (κ3) is 2.54. The van der Waals surface area contributed by atoms with Crippen molar-refractivity contribution in [3.05, 3.63) is 35.4 Å². The molecule has 2 rings (SSSR count). The highest BCUT2D eigenvalue weighted by Gasteiger charge is 2.28. The van der Waals surface area contributed by atoms with Crippen molar-refractivity contribution < 1.29 is 4.79 Å². The highest BCUT2D eigenvalue weighted by Crippen LogP contribution is 2.14. The maximum Gasteiger partial charge on any atom is 0.254 e. The van der Waals surface area contributed by atoms with Crippen LogP contribution in [0, 0.1) is 0 Å². The molecule has 1 saturated heterocycles. The lowest BCUT2D eigenvalue weighted by atomic mass is 10.0. The van der Waals surface area contributed by atoms with Crippen molar-refractivity contribution in [1.82, 2.24) is 10.2 Å². The van der Waals surface area contributed by atoms with Gasteiger partial charge in [0.1, 0.15) is 0 Å². The van der Waals surface area contributed by atoms with E-state index >= 15 is 0 Å². The maximum absolute atomic E-state index is 12.4. The summed E-state index contributed by atoms with van der Waals surface area (Å²) in [5.41, 5.74) is 7.35. The first kappa shape index (κ1) is 13.1. The fourth-order valence-corrected chi connectivity index (χ4v) is 2.29. The first-order chi connectivity index (χ1) is 8.63. The second-order valence-corrected chi connectivity index (χ2v) is 4.88. The van der Waals surface area contributed by atoms with Gasteiger partial charge in [0.05, 0.1) is 0 Å². The minimum Gasteiger partial charge on any atom is -0.333 e. The van der Waals surface area contributed by atoms with Crippen molar-refractivity contribution in [1.29, 1.82) is 0 Å². The summed E-state index contributed by atoms with van der Waals surface area (Å²) in [6.45, 7) is 6.33. The molecule has 1 aliphatic rings. The first-order valence-electron chi connectivity index (χ1n) is 6.47. The molecule has 0 bridgehead atoms. The van der Waals surface area contributed by atoms with Gasteiger partial charge in [0.15, 0.2) is 0 Å². The van der Waals surface area contributed by atoms with Crippen LogP contribution in [0.3, 0.4) is 0 Å². The molecule has 0 aromatic heterocycles. The molecule has 1 aromatic carbocycles. The molecule has 1 aromatic rings. The standard InChI is InChI=1S/C14H21N3O/c1-10-11(2)17(8-7-16-10)14(18)13-5-3-12(9-15)4-6-13/h3-6,10-11,16H,7-9,15H2,1-2H3. The van der Waals surface area contributed by atoms with Crippen LogP contribution in [0.15, 0.2) is 24.3 Å². The van der Waals surface area contributed by atoms with Gasteiger partial charge in [0.2, 0.25) is 0 Å². The van der Waals surface area contributed by atoms with Crippen LogP contribution in [0.4, 0.5) is 0 Å². The van der Waals surface area contributed by atoms with E-state index in [0.29, 0.717) is 12.6 Å². The van der Waals surface area contributed by atoms with Crippen LogP contribution in [-0.2, 0) is 6.54 Å². The summed E-state index contributed by atoms with van der Waals surface area (Å²) in [6, 6.07) is 8.13. The maximum atomic E-state index is 12.4. The summed E-state index contributed by atoms with van der Waals surface area (Å²) < 4.78 is 0. The Bertz CT molecular complexity index is 416. The number of nitrogens with zero attached hydrogens (tertiary/aromatic N) is 1. The zero-order valence-electron chi connectivity index (χ0n) is 11.0. The topological polar surface area (TPSA) is 58.4 Å². The fraction of sp³-hybridized carbons (Fsp3) is 0.500. The number of hydrogen-bond acceptors (Lipinski definition) is 3. The van der Waals surface area contributed by atoms with Crippen LogP contribution in [0.1, 0.15) is 29.8 Å². The summed E-state index contributed by atoms with van der Waals surface area (Å²) in [5, 5.41) is 3.38. The zero-order chi connectivity index (χ0) is 13.1. The molecule has 0 spiro atoms. The molecule has 1 fully saturated rings. The normalized spacial score (nSPS) is 24.1. The lowest BCUT2D eigenvalue weighted by Gasteiger charge is -2.38. The van der Waals surface area contributed by atoms with Crippen LogP contribution in [-0.4, -0.2) is 36.0 Å². The second kappa shape index (κ2) is 5.50. The van der Waals surface area contributed by atoms with E-state index in [-0.39, 0.29) is 11.9 Å². The Labute approximate surface area is 108 Å². The van der Waals surface area contributed by atoms with Crippen molar-refractivity contribution in [3.63, 3.8) is 0 Å². The van der Waals surface area contributed by atoms with Crippen LogP contribution < -0.4 is 11.1 Å².